The zero-order valence-electron chi connectivity index (χ0n) is 19.3. The number of rotatable bonds is 11. The van der Waals surface area contributed by atoms with Crippen LogP contribution in [0.1, 0.15) is 20.1 Å². The van der Waals surface area contributed by atoms with E-state index in [1.807, 2.05) is 4.98 Å². The Bertz CT molecular complexity index is 1210. The molecule has 1 aliphatic rings. The number of alkyl halides is 2. The van der Waals surface area contributed by atoms with Gasteiger partial charge in [0.15, 0.2) is 11.9 Å². The Hall–Kier alpha value is -2.90. The number of hydrogen-bond donors (Lipinski definition) is 3. The molecule has 0 spiro atoms. The van der Waals surface area contributed by atoms with Crippen molar-refractivity contribution in [1.82, 2.24) is 14.6 Å². The number of hydrogen-bond acceptors (Lipinski definition) is 9. The summed E-state index contributed by atoms with van der Waals surface area (Å²) in [6.07, 6.45) is -3.93. The molecule has 1 saturated heterocycles. The quantitative estimate of drug-likeness (QED) is 0.283. The third-order valence-corrected chi connectivity index (χ3v) is 6.87. The van der Waals surface area contributed by atoms with Gasteiger partial charge < -0.3 is 19.1 Å². The molecule has 3 rings (SSSR count). The van der Waals surface area contributed by atoms with Gasteiger partial charge in [0.2, 0.25) is 0 Å². The highest BCUT2D eigenvalue weighted by Gasteiger charge is 2.55. The second kappa shape index (κ2) is 11.4. The van der Waals surface area contributed by atoms with Gasteiger partial charge in [-0.25, -0.2) is 18.1 Å². The molecule has 6 atom stereocenters. The largest absolute Gasteiger partial charge is 0.462 e. The monoisotopic (exact) mass is 533 g/mol. The number of para-hydroxylation sites is 1. The highest BCUT2D eigenvalue weighted by molar-refractivity contribution is 7.52. The van der Waals surface area contributed by atoms with E-state index in [9.17, 15) is 28.4 Å². The minimum atomic E-state index is -4.39. The van der Waals surface area contributed by atoms with Crippen LogP contribution in [0.5, 0.6) is 5.75 Å². The maximum absolute atomic E-state index is 15.4. The van der Waals surface area contributed by atoms with Crippen LogP contribution in [0.2, 0.25) is 0 Å². The van der Waals surface area contributed by atoms with Crippen LogP contribution in [0.3, 0.4) is 0 Å². The summed E-state index contributed by atoms with van der Waals surface area (Å²) >= 11 is 0. The summed E-state index contributed by atoms with van der Waals surface area (Å²) in [5.74, 6) is -0.835. The van der Waals surface area contributed by atoms with E-state index in [0.29, 0.717) is 0 Å². The van der Waals surface area contributed by atoms with E-state index >= 15 is 4.39 Å². The molecule has 0 saturated carbocycles. The first-order valence-corrected chi connectivity index (χ1v) is 12.3. The summed E-state index contributed by atoms with van der Waals surface area (Å²) in [5.41, 5.74) is -4.19. The number of aliphatic hydroxyl groups is 1. The van der Waals surface area contributed by atoms with Crippen molar-refractivity contribution >= 4 is 13.7 Å². The van der Waals surface area contributed by atoms with E-state index in [0.717, 1.165) is 23.8 Å². The molecular formula is C21H26F2N3O9P. The number of ether oxygens (including phenoxy) is 2. The normalized spacial score (nSPS) is 26.2. The molecule has 0 bridgehead atoms. The van der Waals surface area contributed by atoms with E-state index in [4.69, 9.17) is 13.8 Å². The van der Waals surface area contributed by atoms with Crippen LogP contribution >= 0.6 is 7.75 Å². The molecule has 0 radical (unpaired) electrons. The lowest BCUT2D eigenvalue weighted by atomic mass is 9.98. The minimum absolute atomic E-state index is 0.0959. The zero-order valence-corrected chi connectivity index (χ0v) is 20.2. The Labute approximate surface area is 203 Å². The lowest BCUT2D eigenvalue weighted by molar-refractivity contribution is -0.145. The van der Waals surface area contributed by atoms with Crippen molar-refractivity contribution in [2.75, 3.05) is 19.9 Å². The van der Waals surface area contributed by atoms with Crippen molar-refractivity contribution in [2.24, 2.45) is 0 Å². The molecule has 36 heavy (non-hydrogen) atoms. The zero-order chi connectivity index (χ0) is 26.5. The van der Waals surface area contributed by atoms with Crippen molar-refractivity contribution in [3.8, 4) is 5.75 Å². The van der Waals surface area contributed by atoms with E-state index < -0.39 is 75.0 Å². The molecular weight excluding hydrogens is 507 g/mol. The first kappa shape index (κ1) is 27.7. The predicted molar refractivity (Wildman–Crippen MR) is 121 cm³/mol. The summed E-state index contributed by atoms with van der Waals surface area (Å²) < 4.78 is 62.9. The second-order valence-electron chi connectivity index (χ2n) is 8.05. The molecule has 3 N–H and O–H groups in total. The number of nitrogens with zero attached hydrogens (tertiary/aromatic N) is 1. The number of nitrogens with one attached hydrogen (secondary N) is 2. The number of carbonyl (C=O) groups is 1. The second-order valence-corrected chi connectivity index (χ2v) is 9.74. The molecule has 2 aromatic rings. The molecule has 1 aromatic carbocycles. The van der Waals surface area contributed by atoms with Crippen LogP contribution < -0.4 is 20.9 Å². The summed E-state index contributed by atoms with van der Waals surface area (Å²) in [6.45, 7) is 0.159. The number of carbonyl (C=O) groups excluding carboxylic acids is 1. The minimum Gasteiger partial charge on any atom is -0.462 e. The summed E-state index contributed by atoms with van der Waals surface area (Å²) in [4.78, 5) is 37.4. The van der Waals surface area contributed by atoms with Crippen molar-refractivity contribution < 1.29 is 41.8 Å². The van der Waals surface area contributed by atoms with Gasteiger partial charge in [-0.1, -0.05) is 18.2 Å². The first-order chi connectivity index (χ1) is 17.0. The van der Waals surface area contributed by atoms with E-state index in [1.54, 1.807) is 18.2 Å². The lowest BCUT2D eigenvalue weighted by Crippen LogP contribution is -2.43. The fraction of sp³-hybridized carbons (Fsp3) is 0.476. The molecule has 198 valence electrons. The Morgan fingerprint density at radius 3 is 2.67 bits per heavy atom. The molecule has 1 fully saturated rings. The van der Waals surface area contributed by atoms with Crippen molar-refractivity contribution in [2.45, 2.75) is 44.0 Å². The Morgan fingerprint density at radius 2 is 2.03 bits per heavy atom. The number of H-pyrrole nitrogens is 1. The van der Waals surface area contributed by atoms with Gasteiger partial charge in [0.25, 0.3) is 5.56 Å². The number of aromatic nitrogens is 2. The van der Waals surface area contributed by atoms with Gasteiger partial charge in [0.1, 0.15) is 37.3 Å². The third-order valence-electron chi connectivity index (χ3n) is 5.23. The average Bonchev–Trinajstić information content (AvgIpc) is 3.05. The van der Waals surface area contributed by atoms with Crippen LogP contribution in [-0.2, 0) is 23.4 Å². The number of halogens is 2. The average molecular weight is 533 g/mol. The highest BCUT2D eigenvalue weighted by atomic mass is 31.2. The molecule has 0 aliphatic carbocycles. The van der Waals surface area contributed by atoms with Crippen molar-refractivity contribution in [3.05, 3.63) is 63.4 Å². The predicted octanol–water partition coefficient (Wildman–Crippen LogP) is 1.22. The number of aromatic amines is 1. The van der Waals surface area contributed by atoms with Crippen LogP contribution in [0.4, 0.5) is 8.78 Å². The van der Waals surface area contributed by atoms with Crippen molar-refractivity contribution in [1.29, 1.82) is 0 Å². The number of esters is 1. The van der Waals surface area contributed by atoms with Gasteiger partial charge in [-0.15, -0.1) is 0 Å². The maximum Gasteiger partial charge on any atom is 0.459 e. The number of benzene rings is 1. The van der Waals surface area contributed by atoms with Gasteiger partial charge >= 0.3 is 19.4 Å². The van der Waals surface area contributed by atoms with Gasteiger partial charge in [-0.3, -0.25) is 23.7 Å². The maximum atomic E-state index is 15.4. The fourth-order valence-electron chi connectivity index (χ4n) is 3.40. The molecule has 1 aromatic heterocycles. The Morgan fingerprint density at radius 1 is 1.33 bits per heavy atom. The van der Waals surface area contributed by atoms with E-state index in [2.05, 4.69) is 9.82 Å². The van der Waals surface area contributed by atoms with Crippen LogP contribution in [0.25, 0.3) is 0 Å². The van der Waals surface area contributed by atoms with Gasteiger partial charge in [-0.05, 0) is 26.0 Å². The van der Waals surface area contributed by atoms with E-state index in [-0.39, 0.29) is 5.75 Å². The van der Waals surface area contributed by atoms with Gasteiger partial charge in [-0.2, -0.15) is 5.09 Å². The molecule has 2 heterocycles. The Balaban J connectivity index is 1.78. The summed E-state index contributed by atoms with van der Waals surface area (Å²) in [7, 11) is -4.39. The van der Waals surface area contributed by atoms with Crippen LogP contribution in [0, 0.1) is 0 Å². The van der Waals surface area contributed by atoms with Crippen LogP contribution in [-0.4, -0.2) is 64.4 Å². The molecule has 1 aliphatic heterocycles. The molecule has 12 nitrogen and oxygen atoms in total. The first-order valence-electron chi connectivity index (χ1n) is 10.8. The topological polar surface area (TPSA) is 158 Å². The molecule has 1 unspecified atom stereocenters. The summed E-state index contributed by atoms with van der Waals surface area (Å²) in [5, 5.41) is 12.9. The summed E-state index contributed by atoms with van der Waals surface area (Å²) in [6, 6.07) is 7.48. The third kappa shape index (κ3) is 6.45. The molecule has 15 heteroatoms. The molecule has 0 amide bonds. The highest BCUT2D eigenvalue weighted by Crippen LogP contribution is 2.47. The van der Waals surface area contributed by atoms with Crippen molar-refractivity contribution in [3.63, 3.8) is 0 Å². The SMILES string of the molecule is C[C@H](NP(=O)(OC[C@H]1O[C@@H](n2ccc(=O)[nH]c2=O)[C@](C)(F)[C@@H]1O)Oc1ccccc1)C(=O)OCCF. The fourth-order valence-corrected chi connectivity index (χ4v) is 4.90. The standard InChI is InChI=1S/C21H26F2N3O9P/c1-13(18(29)32-11-9-22)25-36(31,35-14-6-4-3-5-7-14)33-12-15-17(28)21(2,23)19(34-15)26-10-8-16(27)24-20(26)30/h3-8,10,13,15,17,19,28H,9,11-12H2,1-2H3,(H,25,31)(H,24,27,30)/t13-,15+,17+,19+,21+,36?/m0/s1. The van der Waals surface area contributed by atoms with E-state index in [1.165, 1.54) is 19.1 Å². The van der Waals surface area contributed by atoms with Gasteiger partial charge in [0, 0.05) is 12.3 Å². The smallest absolute Gasteiger partial charge is 0.459 e. The lowest BCUT2D eigenvalue weighted by Gasteiger charge is -2.25. The van der Waals surface area contributed by atoms with Gasteiger partial charge in [0.05, 0.1) is 6.61 Å². The Kier molecular flexibility index (Phi) is 8.80. The number of aliphatic hydroxyl groups excluding tert-OH is 1. The van der Waals surface area contributed by atoms with Crippen LogP contribution in [0.15, 0.2) is 52.2 Å².